The Morgan fingerprint density at radius 1 is 1.27 bits per heavy atom. The Kier molecular flexibility index (Phi) is 4.15. The Labute approximate surface area is 150 Å². The van der Waals surface area contributed by atoms with Crippen molar-refractivity contribution in [1.82, 2.24) is 9.88 Å². The minimum atomic E-state index is -0.112. The summed E-state index contributed by atoms with van der Waals surface area (Å²) in [6, 6.07) is 10.8. The highest BCUT2D eigenvalue weighted by Gasteiger charge is 2.31. The largest absolute Gasteiger partial charge is 0.471 e. The topological polar surface area (TPSA) is 84.7 Å². The number of carbonyl (C=O) groups is 1. The van der Waals surface area contributed by atoms with Gasteiger partial charge in [0.25, 0.3) is 0 Å². The molecule has 0 N–H and O–H groups in total. The van der Waals surface area contributed by atoms with Gasteiger partial charge < -0.3 is 19.1 Å². The second-order valence-corrected chi connectivity index (χ2v) is 5.92. The Balaban J connectivity index is 1.30. The number of aromatic nitrogens is 1. The summed E-state index contributed by atoms with van der Waals surface area (Å²) in [7, 11) is 0. The Morgan fingerprint density at radius 2 is 2.12 bits per heavy atom. The standard InChI is InChI=1S/C19H15N3O4/c20-9-14-5-6-21-18(8-14)26-15-10-22(11-15)19(23)4-2-13-1-3-16-17(7-13)25-12-24-16/h1-8,15H,10-12H2/b4-2+. The Hall–Kier alpha value is -3.53. The average Bonchev–Trinajstić information content (AvgIpc) is 3.10. The van der Waals surface area contributed by atoms with E-state index in [2.05, 4.69) is 4.98 Å². The molecule has 0 atom stereocenters. The maximum absolute atomic E-state index is 12.2. The molecule has 7 heteroatoms. The van der Waals surface area contributed by atoms with Crippen LogP contribution in [0.1, 0.15) is 11.1 Å². The number of carbonyl (C=O) groups excluding carboxylic acids is 1. The van der Waals surface area contributed by atoms with Crippen LogP contribution in [-0.4, -0.2) is 41.8 Å². The molecule has 130 valence electrons. The normalized spacial score (nSPS) is 15.6. The minimum Gasteiger partial charge on any atom is -0.471 e. The third-order valence-corrected chi connectivity index (χ3v) is 4.13. The van der Waals surface area contributed by atoms with Gasteiger partial charge in [0.2, 0.25) is 18.6 Å². The number of nitriles is 1. The van der Waals surface area contributed by atoms with Gasteiger partial charge in [-0.1, -0.05) is 6.07 Å². The van der Waals surface area contributed by atoms with E-state index in [1.165, 1.54) is 12.3 Å². The van der Waals surface area contributed by atoms with Gasteiger partial charge in [-0.3, -0.25) is 4.79 Å². The number of hydrogen-bond donors (Lipinski definition) is 0. The number of likely N-dealkylation sites (tertiary alicyclic amines) is 1. The zero-order chi connectivity index (χ0) is 17.9. The lowest BCUT2D eigenvalue weighted by atomic mass is 10.1. The first-order valence-corrected chi connectivity index (χ1v) is 8.11. The predicted molar refractivity (Wildman–Crippen MR) is 91.5 cm³/mol. The van der Waals surface area contributed by atoms with Crippen LogP contribution in [0.4, 0.5) is 0 Å². The fraction of sp³-hybridized carbons (Fsp3) is 0.211. The van der Waals surface area contributed by atoms with Gasteiger partial charge in [-0.05, 0) is 29.8 Å². The van der Waals surface area contributed by atoms with Crippen LogP contribution in [0.25, 0.3) is 6.08 Å². The van der Waals surface area contributed by atoms with Crippen LogP contribution in [0.2, 0.25) is 0 Å². The molecule has 1 aromatic carbocycles. The number of rotatable bonds is 4. The number of nitrogens with zero attached hydrogens (tertiary/aromatic N) is 3. The lowest BCUT2D eigenvalue weighted by molar-refractivity contribution is -0.134. The summed E-state index contributed by atoms with van der Waals surface area (Å²) in [6.45, 7) is 1.20. The van der Waals surface area contributed by atoms with E-state index in [1.807, 2.05) is 24.3 Å². The summed E-state index contributed by atoms with van der Waals surface area (Å²) in [6.07, 6.45) is 4.70. The first-order valence-electron chi connectivity index (χ1n) is 8.11. The molecule has 1 fully saturated rings. The van der Waals surface area contributed by atoms with Crippen LogP contribution >= 0.6 is 0 Å². The highest BCUT2D eigenvalue weighted by atomic mass is 16.7. The predicted octanol–water partition coefficient (Wildman–Crippen LogP) is 1.98. The molecule has 2 aliphatic rings. The number of fused-ring (bicyclic) bond motifs is 1. The molecule has 0 unspecified atom stereocenters. The number of pyridine rings is 1. The van der Waals surface area contributed by atoms with Crippen LogP contribution < -0.4 is 14.2 Å². The van der Waals surface area contributed by atoms with Crippen LogP contribution in [0, 0.1) is 11.3 Å². The number of hydrogen-bond acceptors (Lipinski definition) is 6. The van der Waals surface area contributed by atoms with E-state index in [1.54, 1.807) is 23.1 Å². The second-order valence-electron chi connectivity index (χ2n) is 5.92. The monoisotopic (exact) mass is 349 g/mol. The van der Waals surface area contributed by atoms with Crippen LogP contribution in [-0.2, 0) is 4.79 Å². The van der Waals surface area contributed by atoms with Gasteiger partial charge in [0.05, 0.1) is 24.7 Å². The summed E-state index contributed by atoms with van der Waals surface area (Å²) < 4.78 is 16.3. The van der Waals surface area contributed by atoms with Crippen molar-refractivity contribution in [2.75, 3.05) is 19.9 Å². The molecule has 0 aliphatic carbocycles. The molecule has 1 saturated heterocycles. The van der Waals surface area contributed by atoms with Crippen molar-refractivity contribution < 1.29 is 19.0 Å². The van der Waals surface area contributed by atoms with E-state index in [9.17, 15) is 4.79 Å². The highest BCUT2D eigenvalue weighted by molar-refractivity contribution is 5.92. The van der Waals surface area contributed by atoms with Gasteiger partial charge >= 0.3 is 0 Å². The quantitative estimate of drug-likeness (QED) is 0.785. The molecule has 0 radical (unpaired) electrons. The van der Waals surface area contributed by atoms with Crippen molar-refractivity contribution in [3.63, 3.8) is 0 Å². The van der Waals surface area contributed by atoms with Gasteiger partial charge in [-0.25, -0.2) is 4.98 Å². The molecule has 3 heterocycles. The number of amides is 1. The summed E-state index contributed by atoms with van der Waals surface area (Å²) in [5.41, 5.74) is 1.36. The molecule has 1 aromatic heterocycles. The van der Waals surface area contributed by atoms with Gasteiger partial charge in [-0.2, -0.15) is 5.26 Å². The molecule has 0 bridgehead atoms. The van der Waals surface area contributed by atoms with Crippen LogP contribution in [0.15, 0.2) is 42.6 Å². The lowest BCUT2D eigenvalue weighted by Crippen LogP contribution is -2.55. The molecular formula is C19H15N3O4. The third-order valence-electron chi connectivity index (χ3n) is 4.13. The molecule has 0 saturated carbocycles. The molecule has 1 amide bonds. The van der Waals surface area contributed by atoms with E-state index in [0.717, 1.165) is 5.56 Å². The maximum Gasteiger partial charge on any atom is 0.246 e. The van der Waals surface area contributed by atoms with Gasteiger partial charge in [0, 0.05) is 18.3 Å². The average molecular weight is 349 g/mol. The van der Waals surface area contributed by atoms with Gasteiger partial charge in [0.1, 0.15) is 6.10 Å². The molecule has 2 aromatic rings. The molecular weight excluding hydrogens is 334 g/mol. The molecule has 7 nitrogen and oxygen atoms in total. The van der Waals surface area contributed by atoms with E-state index >= 15 is 0 Å². The summed E-state index contributed by atoms with van der Waals surface area (Å²) >= 11 is 0. The van der Waals surface area contributed by atoms with E-state index in [4.69, 9.17) is 19.5 Å². The number of benzene rings is 1. The zero-order valence-corrected chi connectivity index (χ0v) is 13.8. The molecule has 0 spiro atoms. The smallest absolute Gasteiger partial charge is 0.246 e. The SMILES string of the molecule is N#Cc1ccnc(OC2CN(C(=O)/C=C/c3ccc4c(c3)OCO4)C2)c1. The summed E-state index contributed by atoms with van der Waals surface area (Å²) in [4.78, 5) is 18.0. The fourth-order valence-electron chi connectivity index (χ4n) is 2.70. The van der Waals surface area contributed by atoms with Crippen molar-refractivity contribution in [1.29, 1.82) is 5.26 Å². The van der Waals surface area contributed by atoms with Crippen molar-refractivity contribution in [2.45, 2.75) is 6.10 Å². The van der Waals surface area contributed by atoms with Crippen molar-refractivity contribution in [3.8, 4) is 23.4 Å². The highest BCUT2D eigenvalue weighted by Crippen LogP contribution is 2.32. The Morgan fingerprint density at radius 3 is 2.96 bits per heavy atom. The van der Waals surface area contributed by atoms with Crippen LogP contribution in [0.5, 0.6) is 17.4 Å². The zero-order valence-electron chi connectivity index (χ0n) is 13.8. The first kappa shape index (κ1) is 16.0. The van der Waals surface area contributed by atoms with E-state index in [0.29, 0.717) is 36.0 Å². The fourth-order valence-corrected chi connectivity index (χ4v) is 2.70. The Bertz CT molecular complexity index is 913. The molecule has 2 aliphatic heterocycles. The van der Waals surface area contributed by atoms with Crippen molar-refractivity contribution >= 4 is 12.0 Å². The third kappa shape index (κ3) is 3.30. The first-order chi connectivity index (χ1) is 12.7. The maximum atomic E-state index is 12.2. The summed E-state index contributed by atoms with van der Waals surface area (Å²) in [5, 5.41) is 8.88. The van der Waals surface area contributed by atoms with E-state index < -0.39 is 0 Å². The van der Waals surface area contributed by atoms with Gasteiger partial charge in [0.15, 0.2) is 11.5 Å². The van der Waals surface area contributed by atoms with Crippen molar-refractivity contribution in [3.05, 3.63) is 53.7 Å². The lowest BCUT2D eigenvalue weighted by Gasteiger charge is -2.38. The van der Waals surface area contributed by atoms with Gasteiger partial charge in [-0.15, -0.1) is 0 Å². The van der Waals surface area contributed by atoms with Crippen molar-refractivity contribution in [2.24, 2.45) is 0 Å². The summed E-state index contributed by atoms with van der Waals surface area (Å²) in [5.74, 6) is 1.72. The molecule has 26 heavy (non-hydrogen) atoms. The molecule has 4 rings (SSSR count). The second kappa shape index (κ2) is 6.76. The minimum absolute atomic E-state index is 0.0822. The number of ether oxygens (including phenoxy) is 3. The van der Waals surface area contributed by atoms with Crippen LogP contribution in [0.3, 0.4) is 0 Å². The van der Waals surface area contributed by atoms with E-state index in [-0.39, 0.29) is 18.8 Å².